The van der Waals surface area contributed by atoms with Gasteiger partial charge in [-0.05, 0) is 43.9 Å². The maximum atomic E-state index is 13.1. The summed E-state index contributed by atoms with van der Waals surface area (Å²) in [5.41, 5.74) is -0.833. The summed E-state index contributed by atoms with van der Waals surface area (Å²) in [6, 6.07) is 6.00. The second-order valence-corrected chi connectivity index (χ2v) is 5.49. The van der Waals surface area contributed by atoms with E-state index in [0.717, 1.165) is 12.8 Å². The molecule has 2 atom stereocenters. The van der Waals surface area contributed by atoms with Crippen LogP contribution >= 0.6 is 0 Å². The number of benzene rings is 1. The molecule has 5 heteroatoms. The van der Waals surface area contributed by atoms with Gasteiger partial charge in [0.1, 0.15) is 17.1 Å². The Morgan fingerprint density at radius 3 is 3.05 bits per heavy atom. The number of hydrogen-bond acceptors (Lipinski definition) is 3. The third-order valence-corrected chi connectivity index (χ3v) is 4.23. The Balaban J connectivity index is 1.93. The van der Waals surface area contributed by atoms with Crippen LogP contribution in [0.2, 0.25) is 0 Å². The number of carbonyl (C=O) groups is 1. The van der Waals surface area contributed by atoms with Crippen molar-refractivity contribution < 1.29 is 19.0 Å². The van der Waals surface area contributed by atoms with Gasteiger partial charge in [0.2, 0.25) is 0 Å². The first kappa shape index (κ1) is 15.8. The molecule has 1 aromatic carbocycles. The number of likely N-dealkylation sites (N-methyl/N-ethyl adjacent to an activating group) is 1. The lowest BCUT2D eigenvalue weighted by Crippen LogP contribution is -2.55. The van der Waals surface area contributed by atoms with E-state index in [9.17, 15) is 14.3 Å². The molecule has 0 amide bonds. The highest BCUT2D eigenvalue weighted by molar-refractivity contribution is 5.79. The molecule has 1 aliphatic carbocycles. The molecule has 0 bridgehead atoms. The van der Waals surface area contributed by atoms with Crippen LogP contribution in [0.25, 0.3) is 0 Å². The van der Waals surface area contributed by atoms with Crippen LogP contribution < -0.4 is 10.1 Å². The van der Waals surface area contributed by atoms with Gasteiger partial charge in [-0.15, -0.1) is 0 Å². The lowest BCUT2D eigenvalue weighted by molar-refractivity contribution is -0.146. The zero-order chi connectivity index (χ0) is 15.3. The summed E-state index contributed by atoms with van der Waals surface area (Å²) < 4.78 is 18.6. The van der Waals surface area contributed by atoms with E-state index < -0.39 is 11.5 Å². The molecule has 0 heterocycles. The first-order valence-electron chi connectivity index (χ1n) is 7.45. The fourth-order valence-corrected chi connectivity index (χ4v) is 3.25. The molecular formula is C16H22FNO3. The fourth-order valence-electron chi connectivity index (χ4n) is 3.25. The molecule has 0 spiro atoms. The first-order chi connectivity index (χ1) is 10.1. The third kappa shape index (κ3) is 3.53. The van der Waals surface area contributed by atoms with Crippen molar-refractivity contribution in [1.82, 2.24) is 5.32 Å². The van der Waals surface area contributed by atoms with Crippen molar-refractivity contribution in [3.05, 3.63) is 30.1 Å². The maximum Gasteiger partial charge on any atom is 0.324 e. The van der Waals surface area contributed by atoms with Crippen molar-refractivity contribution in [2.75, 3.05) is 13.2 Å². The van der Waals surface area contributed by atoms with Crippen LogP contribution in [0.15, 0.2) is 24.3 Å². The zero-order valence-corrected chi connectivity index (χ0v) is 12.3. The van der Waals surface area contributed by atoms with Crippen LogP contribution in [-0.4, -0.2) is 29.8 Å². The number of carboxylic acid groups (broad SMARTS) is 1. The van der Waals surface area contributed by atoms with Crippen molar-refractivity contribution in [2.45, 2.75) is 38.1 Å². The predicted molar refractivity (Wildman–Crippen MR) is 77.9 cm³/mol. The topological polar surface area (TPSA) is 58.6 Å². The van der Waals surface area contributed by atoms with Crippen LogP contribution in [-0.2, 0) is 4.79 Å². The molecule has 0 aliphatic heterocycles. The van der Waals surface area contributed by atoms with Gasteiger partial charge in [-0.25, -0.2) is 4.39 Å². The molecule has 0 aromatic heterocycles. The molecule has 2 unspecified atom stereocenters. The van der Waals surface area contributed by atoms with Crippen molar-refractivity contribution >= 4 is 5.97 Å². The van der Waals surface area contributed by atoms with E-state index in [2.05, 4.69) is 5.32 Å². The summed E-state index contributed by atoms with van der Waals surface area (Å²) in [5.74, 6) is -0.584. The Labute approximate surface area is 124 Å². The molecule has 21 heavy (non-hydrogen) atoms. The van der Waals surface area contributed by atoms with Gasteiger partial charge in [-0.1, -0.05) is 19.4 Å². The van der Waals surface area contributed by atoms with Crippen LogP contribution in [0.4, 0.5) is 4.39 Å². The number of rotatable bonds is 7. The lowest BCUT2D eigenvalue weighted by Gasteiger charge is -2.32. The van der Waals surface area contributed by atoms with Crippen LogP contribution in [0.1, 0.15) is 32.6 Å². The van der Waals surface area contributed by atoms with Gasteiger partial charge in [0.05, 0.1) is 6.61 Å². The summed E-state index contributed by atoms with van der Waals surface area (Å²) in [6.45, 7) is 2.95. The molecule has 1 aromatic rings. The quantitative estimate of drug-likeness (QED) is 0.812. The highest BCUT2D eigenvalue weighted by Gasteiger charge is 2.48. The minimum atomic E-state index is -0.833. The smallest absolute Gasteiger partial charge is 0.324 e. The average molecular weight is 295 g/mol. The Hall–Kier alpha value is -1.62. The summed E-state index contributed by atoms with van der Waals surface area (Å²) in [5, 5.41) is 12.7. The second kappa shape index (κ2) is 6.89. The largest absolute Gasteiger partial charge is 0.493 e. The van der Waals surface area contributed by atoms with E-state index in [1.54, 1.807) is 12.1 Å². The third-order valence-electron chi connectivity index (χ3n) is 4.23. The molecule has 0 radical (unpaired) electrons. The van der Waals surface area contributed by atoms with Gasteiger partial charge in [0.15, 0.2) is 0 Å². The number of halogens is 1. The van der Waals surface area contributed by atoms with Gasteiger partial charge < -0.3 is 15.2 Å². The van der Waals surface area contributed by atoms with Crippen LogP contribution in [0, 0.1) is 11.7 Å². The molecular weight excluding hydrogens is 273 g/mol. The number of aliphatic carboxylic acids is 1. The Bertz CT molecular complexity index is 494. The van der Waals surface area contributed by atoms with E-state index in [1.807, 2.05) is 6.92 Å². The molecule has 1 saturated carbocycles. The Morgan fingerprint density at radius 1 is 1.57 bits per heavy atom. The molecule has 0 saturated heterocycles. The van der Waals surface area contributed by atoms with Crippen molar-refractivity contribution in [3.63, 3.8) is 0 Å². The molecule has 116 valence electrons. The van der Waals surface area contributed by atoms with Crippen molar-refractivity contribution in [2.24, 2.45) is 5.92 Å². The van der Waals surface area contributed by atoms with Gasteiger partial charge in [-0.2, -0.15) is 0 Å². The summed E-state index contributed by atoms with van der Waals surface area (Å²) in [7, 11) is 0. The fraction of sp³-hybridized carbons (Fsp3) is 0.562. The SMILES string of the molecule is CCNC1(C(=O)O)CCCC1CCOc1cccc(F)c1. The van der Waals surface area contributed by atoms with E-state index in [1.165, 1.54) is 12.1 Å². The summed E-state index contributed by atoms with van der Waals surface area (Å²) in [4.78, 5) is 11.6. The van der Waals surface area contributed by atoms with Crippen LogP contribution in [0.5, 0.6) is 5.75 Å². The second-order valence-electron chi connectivity index (χ2n) is 5.49. The number of nitrogens with one attached hydrogen (secondary N) is 1. The molecule has 1 fully saturated rings. The Kier molecular flexibility index (Phi) is 5.17. The maximum absolute atomic E-state index is 13.1. The standard InChI is InChI=1S/C16H22FNO3/c1-2-18-16(15(19)20)9-4-5-12(16)8-10-21-14-7-3-6-13(17)11-14/h3,6-7,11-12,18H,2,4-5,8-10H2,1H3,(H,19,20). The minimum Gasteiger partial charge on any atom is -0.493 e. The number of hydrogen-bond donors (Lipinski definition) is 2. The zero-order valence-electron chi connectivity index (χ0n) is 12.3. The monoisotopic (exact) mass is 295 g/mol. The minimum absolute atomic E-state index is 0.0449. The number of ether oxygens (including phenoxy) is 1. The van der Waals surface area contributed by atoms with Gasteiger partial charge in [0, 0.05) is 6.07 Å². The molecule has 2 N–H and O–H groups in total. The summed E-state index contributed by atoms with van der Waals surface area (Å²) in [6.07, 6.45) is 3.09. The Morgan fingerprint density at radius 2 is 2.38 bits per heavy atom. The highest BCUT2D eigenvalue weighted by Crippen LogP contribution is 2.38. The first-order valence-corrected chi connectivity index (χ1v) is 7.45. The van der Waals surface area contributed by atoms with Gasteiger partial charge >= 0.3 is 5.97 Å². The lowest BCUT2D eigenvalue weighted by atomic mass is 9.84. The van der Waals surface area contributed by atoms with Crippen LogP contribution in [0.3, 0.4) is 0 Å². The van der Waals surface area contributed by atoms with Crippen molar-refractivity contribution in [3.8, 4) is 5.75 Å². The normalized spacial score (nSPS) is 25.0. The average Bonchev–Trinajstić information content (AvgIpc) is 2.84. The molecule has 4 nitrogen and oxygen atoms in total. The van der Waals surface area contributed by atoms with E-state index >= 15 is 0 Å². The van der Waals surface area contributed by atoms with Gasteiger partial charge in [-0.3, -0.25) is 4.79 Å². The molecule has 1 aliphatic rings. The predicted octanol–water partition coefficient (Wildman–Crippen LogP) is 2.83. The van der Waals surface area contributed by atoms with Gasteiger partial charge in [0.25, 0.3) is 0 Å². The highest BCUT2D eigenvalue weighted by atomic mass is 19.1. The van der Waals surface area contributed by atoms with E-state index in [-0.39, 0.29) is 11.7 Å². The van der Waals surface area contributed by atoms with E-state index in [4.69, 9.17) is 4.74 Å². The summed E-state index contributed by atoms with van der Waals surface area (Å²) >= 11 is 0. The van der Waals surface area contributed by atoms with Crippen molar-refractivity contribution in [1.29, 1.82) is 0 Å². The van der Waals surface area contributed by atoms with E-state index in [0.29, 0.717) is 31.7 Å². The number of carboxylic acids is 1. The molecule has 2 rings (SSSR count).